The molecular weight excluding hydrogens is 300 g/mol. The molecule has 1 aliphatic heterocycles. The Labute approximate surface area is 134 Å². The molecule has 1 aliphatic rings. The number of carbonyl (C=O) groups is 3. The second-order valence-corrected chi connectivity index (χ2v) is 5.20. The largest absolute Gasteiger partial charge is 0.468 e. The summed E-state index contributed by atoms with van der Waals surface area (Å²) < 4.78 is 5.46. The predicted octanol–water partition coefficient (Wildman–Crippen LogP) is 0.331. The van der Waals surface area contributed by atoms with Crippen LogP contribution >= 0.6 is 0 Å². The molecule has 1 saturated heterocycles. The zero-order chi connectivity index (χ0) is 16.8. The Hall–Kier alpha value is -2.35. The van der Waals surface area contributed by atoms with E-state index in [0.717, 1.165) is 23.7 Å². The van der Waals surface area contributed by atoms with Crippen LogP contribution in [0.2, 0.25) is 0 Å². The van der Waals surface area contributed by atoms with Crippen LogP contribution in [0.15, 0.2) is 22.8 Å². The molecule has 0 aliphatic carbocycles. The minimum Gasteiger partial charge on any atom is -0.468 e. The van der Waals surface area contributed by atoms with E-state index in [1.54, 1.807) is 12.3 Å². The second-order valence-electron chi connectivity index (χ2n) is 5.20. The zero-order valence-electron chi connectivity index (χ0n) is 13.4. The van der Waals surface area contributed by atoms with Gasteiger partial charge in [-0.15, -0.1) is 0 Å². The normalized spacial score (nSPS) is 15.9. The molecule has 1 aromatic rings. The van der Waals surface area contributed by atoms with E-state index >= 15 is 0 Å². The molecule has 4 amide bonds. The number of amides is 4. The topological polar surface area (TPSA) is 94.9 Å². The third-order valence-corrected chi connectivity index (χ3v) is 3.86. The summed E-state index contributed by atoms with van der Waals surface area (Å²) in [6.07, 6.45) is 1.60. The van der Waals surface area contributed by atoms with Crippen LogP contribution in [0.3, 0.4) is 0 Å². The van der Waals surface area contributed by atoms with Gasteiger partial charge in [0.25, 0.3) is 5.91 Å². The molecule has 8 heteroatoms. The van der Waals surface area contributed by atoms with E-state index in [1.807, 2.05) is 19.9 Å². The Kier molecular flexibility index (Phi) is 5.75. The van der Waals surface area contributed by atoms with Gasteiger partial charge in [-0.05, 0) is 25.2 Å². The van der Waals surface area contributed by atoms with Gasteiger partial charge >= 0.3 is 6.03 Å². The molecule has 0 radical (unpaired) electrons. The van der Waals surface area contributed by atoms with Crippen LogP contribution in [0.1, 0.15) is 25.6 Å². The first kappa shape index (κ1) is 17.0. The fraction of sp³-hybridized carbons (Fsp3) is 0.533. The van der Waals surface area contributed by atoms with Gasteiger partial charge in [-0.1, -0.05) is 13.8 Å². The maximum Gasteiger partial charge on any atom is 0.325 e. The van der Waals surface area contributed by atoms with Crippen molar-refractivity contribution in [3.8, 4) is 0 Å². The van der Waals surface area contributed by atoms with Crippen LogP contribution in [0.5, 0.6) is 0 Å². The standard InChI is InChI=1S/C15H22N4O4/c1-3-18(4-2)11(12-6-5-7-23-12)8-16-13(20)10-19-14(21)9-17-15(19)22/h5-7,11H,3-4,8-10H2,1-2H3,(H,16,20)(H,17,22). The molecule has 0 saturated carbocycles. The minimum absolute atomic E-state index is 0.0550. The van der Waals surface area contributed by atoms with Crippen molar-refractivity contribution in [2.24, 2.45) is 0 Å². The summed E-state index contributed by atoms with van der Waals surface area (Å²) in [6.45, 7) is 5.71. The molecule has 0 bridgehead atoms. The molecule has 1 atom stereocenters. The first-order valence-corrected chi connectivity index (χ1v) is 7.69. The van der Waals surface area contributed by atoms with Crippen molar-refractivity contribution >= 4 is 17.8 Å². The van der Waals surface area contributed by atoms with Crippen molar-refractivity contribution in [1.82, 2.24) is 20.4 Å². The number of nitrogens with one attached hydrogen (secondary N) is 2. The van der Waals surface area contributed by atoms with Gasteiger partial charge in [0.15, 0.2) is 0 Å². The van der Waals surface area contributed by atoms with Crippen molar-refractivity contribution in [3.63, 3.8) is 0 Å². The van der Waals surface area contributed by atoms with Crippen LogP contribution < -0.4 is 10.6 Å². The summed E-state index contributed by atoms with van der Waals surface area (Å²) >= 11 is 0. The quantitative estimate of drug-likeness (QED) is 0.673. The van der Waals surface area contributed by atoms with Gasteiger partial charge in [-0.25, -0.2) is 4.79 Å². The molecule has 8 nitrogen and oxygen atoms in total. The lowest BCUT2D eigenvalue weighted by Crippen LogP contribution is -2.44. The fourth-order valence-corrected chi connectivity index (χ4v) is 2.58. The molecular formula is C15H22N4O4. The highest BCUT2D eigenvalue weighted by molar-refractivity contribution is 6.04. The van der Waals surface area contributed by atoms with Gasteiger partial charge in [-0.2, -0.15) is 0 Å². The summed E-state index contributed by atoms with van der Waals surface area (Å²) in [5.41, 5.74) is 0. The van der Waals surface area contributed by atoms with Gasteiger partial charge in [0.2, 0.25) is 5.91 Å². The number of hydrogen-bond acceptors (Lipinski definition) is 5. The number of hydrogen-bond donors (Lipinski definition) is 2. The number of urea groups is 1. The van der Waals surface area contributed by atoms with E-state index in [2.05, 4.69) is 15.5 Å². The summed E-state index contributed by atoms with van der Waals surface area (Å²) in [5.74, 6) is -0.000387. The van der Waals surface area contributed by atoms with Gasteiger partial charge in [0, 0.05) is 6.54 Å². The molecule has 23 heavy (non-hydrogen) atoms. The highest BCUT2D eigenvalue weighted by Gasteiger charge is 2.30. The van der Waals surface area contributed by atoms with Gasteiger partial charge in [0.05, 0.1) is 18.8 Å². The Morgan fingerprint density at radius 2 is 2.17 bits per heavy atom. The molecule has 1 unspecified atom stereocenters. The van der Waals surface area contributed by atoms with E-state index in [-0.39, 0.29) is 25.0 Å². The van der Waals surface area contributed by atoms with Gasteiger partial charge < -0.3 is 15.1 Å². The van der Waals surface area contributed by atoms with Crippen LogP contribution in [-0.4, -0.2) is 60.4 Å². The second kappa shape index (κ2) is 7.77. The van der Waals surface area contributed by atoms with E-state index < -0.39 is 11.9 Å². The molecule has 2 N–H and O–H groups in total. The Morgan fingerprint density at radius 3 is 2.70 bits per heavy atom. The van der Waals surface area contributed by atoms with Crippen molar-refractivity contribution in [2.75, 3.05) is 32.7 Å². The molecule has 0 aromatic carbocycles. The van der Waals surface area contributed by atoms with Gasteiger partial charge in [0.1, 0.15) is 12.3 Å². The minimum atomic E-state index is -0.531. The number of rotatable bonds is 8. The maximum atomic E-state index is 12.0. The number of imide groups is 1. The Morgan fingerprint density at radius 1 is 1.43 bits per heavy atom. The fourth-order valence-electron chi connectivity index (χ4n) is 2.58. The summed E-state index contributed by atoms with van der Waals surface area (Å²) in [6, 6.07) is 3.05. The molecule has 2 rings (SSSR count). The lowest BCUT2D eigenvalue weighted by molar-refractivity contribution is -0.130. The smallest absolute Gasteiger partial charge is 0.325 e. The molecule has 2 heterocycles. The SMILES string of the molecule is CCN(CC)C(CNC(=O)CN1C(=O)CNC1=O)c1ccco1. The first-order valence-electron chi connectivity index (χ1n) is 7.69. The van der Waals surface area contributed by atoms with E-state index in [9.17, 15) is 14.4 Å². The zero-order valence-corrected chi connectivity index (χ0v) is 13.4. The number of carbonyl (C=O) groups excluding carboxylic acids is 3. The first-order chi connectivity index (χ1) is 11.1. The summed E-state index contributed by atoms with van der Waals surface area (Å²) in [5, 5.41) is 5.16. The predicted molar refractivity (Wildman–Crippen MR) is 82.5 cm³/mol. The van der Waals surface area contributed by atoms with Crippen LogP contribution in [-0.2, 0) is 9.59 Å². The monoisotopic (exact) mass is 322 g/mol. The van der Waals surface area contributed by atoms with Crippen molar-refractivity contribution in [1.29, 1.82) is 0 Å². The Bertz CT molecular complexity index is 538. The van der Waals surface area contributed by atoms with Crippen LogP contribution in [0.25, 0.3) is 0 Å². The summed E-state index contributed by atoms with van der Waals surface area (Å²) in [4.78, 5) is 38.0. The average molecular weight is 322 g/mol. The van der Waals surface area contributed by atoms with Crippen molar-refractivity contribution in [2.45, 2.75) is 19.9 Å². The lowest BCUT2D eigenvalue weighted by Gasteiger charge is -2.28. The van der Waals surface area contributed by atoms with Crippen LogP contribution in [0.4, 0.5) is 4.79 Å². The Balaban J connectivity index is 1.94. The van der Waals surface area contributed by atoms with E-state index in [4.69, 9.17) is 4.42 Å². The van der Waals surface area contributed by atoms with E-state index in [1.165, 1.54) is 0 Å². The molecule has 1 aromatic heterocycles. The van der Waals surface area contributed by atoms with Crippen molar-refractivity contribution < 1.29 is 18.8 Å². The van der Waals surface area contributed by atoms with Gasteiger partial charge in [-0.3, -0.25) is 19.4 Å². The average Bonchev–Trinajstić information content (AvgIpc) is 3.17. The third kappa shape index (κ3) is 4.10. The van der Waals surface area contributed by atoms with Crippen molar-refractivity contribution in [3.05, 3.63) is 24.2 Å². The lowest BCUT2D eigenvalue weighted by atomic mass is 10.2. The number of nitrogens with zero attached hydrogens (tertiary/aromatic N) is 2. The molecule has 0 spiro atoms. The number of likely N-dealkylation sites (N-methyl/N-ethyl adjacent to an activating group) is 1. The molecule has 1 fully saturated rings. The highest BCUT2D eigenvalue weighted by atomic mass is 16.3. The number of furan rings is 1. The summed E-state index contributed by atoms with van der Waals surface area (Å²) in [7, 11) is 0. The highest BCUT2D eigenvalue weighted by Crippen LogP contribution is 2.20. The third-order valence-electron chi connectivity index (χ3n) is 3.86. The van der Waals surface area contributed by atoms with E-state index in [0.29, 0.717) is 6.54 Å². The maximum absolute atomic E-state index is 12.0. The molecule has 126 valence electrons. The van der Waals surface area contributed by atoms with Crippen LogP contribution in [0, 0.1) is 0 Å².